The number of esters is 1. The van der Waals surface area contributed by atoms with Crippen LogP contribution in [0.3, 0.4) is 0 Å². The molecule has 0 aliphatic carbocycles. The zero-order valence-electron chi connectivity index (χ0n) is 17.9. The number of hydrogen-bond donors (Lipinski definition) is 0. The maximum atomic E-state index is 12.5. The summed E-state index contributed by atoms with van der Waals surface area (Å²) in [4.78, 5) is 12.5. The first-order chi connectivity index (χ1) is 16.4. The van der Waals surface area contributed by atoms with Crippen LogP contribution in [0.15, 0.2) is 84.9 Å². The fraction of sp³-hybridized carbons (Fsp3) is 0.0357. The van der Waals surface area contributed by atoms with E-state index in [1.165, 1.54) is 12.1 Å². The number of carbonyl (C=O) groups is 1. The van der Waals surface area contributed by atoms with E-state index in [0.717, 1.165) is 28.0 Å². The summed E-state index contributed by atoms with van der Waals surface area (Å²) in [5.41, 5.74) is 4.15. The van der Waals surface area contributed by atoms with Crippen LogP contribution in [0.5, 0.6) is 11.5 Å². The highest BCUT2D eigenvalue weighted by Gasteiger charge is 2.13. The summed E-state index contributed by atoms with van der Waals surface area (Å²) in [7, 11) is 1.63. The van der Waals surface area contributed by atoms with Gasteiger partial charge in [0.05, 0.1) is 27.7 Å². The number of methoxy groups -OCH3 is 1. The van der Waals surface area contributed by atoms with E-state index < -0.39 is 5.97 Å². The SMILES string of the molecule is COc1ccc(C#Cc2ccc(-c3ccc(C(=O)Oc4cc(Cl)c(Cl)cc4Cl)cc3)cc2)cc1. The van der Waals surface area contributed by atoms with E-state index in [1.54, 1.807) is 19.2 Å². The summed E-state index contributed by atoms with van der Waals surface area (Å²) in [6.07, 6.45) is 0. The third kappa shape index (κ3) is 5.73. The van der Waals surface area contributed by atoms with Gasteiger partial charge in [0.25, 0.3) is 0 Å². The van der Waals surface area contributed by atoms with Crippen molar-refractivity contribution >= 4 is 40.8 Å². The zero-order valence-corrected chi connectivity index (χ0v) is 20.2. The third-order valence-electron chi connectivity index (χ3n) is 4.96. The highest BCUT2D eigenvalue weighted by atomic mass is 35.5. The van der Waals surface area contributed by atoms with Crippen molar-refractivity contribution in [2.24, 2.45) is 0 Å². The topological polar surface area (TPSA) is 35.5 Å². The van der Waals surface area contributed by atoms with Crippen LogP contribution in [0.4, 0.5) is 0 Å². The van der Waals surface area contributed by atoms with Gasteiger partial charge in [-0.05, 0) is 65.7 Å². The van der Waals surface area contributed by atoms with Gasteiger partial charge >= 0.3 is 5.97 Å². The molecule has 0 amide bonds. The molecule has 6 heteroatoms. The van der Waals surface area contributed by atoms with Crippen molar-refractivity contribution in [3.8, 4) is 34.5 Å². The summed E-state index contributed by atoms with van der Waals surface area (Å²) < 4.78 is 10.5. The van der Waals surface area contributed by atoms with Crippen LogP contribution < -0.4 is 9.47 Å². The fourth-order valence-corrected chi connectivity index (χ4v) is 3.68. The third-order valence-corrected chi connectivity index (χ3v) is 5.98. The van der Waals surface area contributed by atoms with Crippen LogP contribution in [0.2, 0.25) is 15.1 Å². The van der Waals surface area contributed by atoms with E-state index in [1.807, 2.05) is 60.7 Å². The van der Waals surface area contributed by atoms with E-state index in [2.05, 4.69) is 11.8 Å². The monoisotopic (exact) mass is 506 g/mol. The lowest BCUT2D eigenvalue weighted by molar-refractivity contribution is 0.0735. The Balaban J connectivity index is 1.44. The van der Waals surface area contributed by atoms with Crippen molar-refractivity contribution in [3.63, 3.8) is 0 Å². The van der Waals surface area contributed by atoms with E-state index in [0.29, 0.717) is 5.56 Å². The van der Waals surface area contributed by atoms with Gasteiger partial charge in [-0.25, -0.2) is 4.79 Å². The molecule has 4 aromatic rings. The van der Waals surface area contributed by atoms with Gasteiger partial charge in [0.1, 0.15) is 5.75 Å². The molecule has 0 fully saturated rings. The molecule has 0 aliphatic heterocycles. The number of rotatable bonds is 4. The van der Waals surface area contributed by atoms with Crippen LogP contribution in [0.1, 0.15) is 21.5 Å². The molecule has 0 spiro atoms. The molecule has 0 aliphatic rings. The number of carbonyl (C=O) groups excluding carboxylic acids is 1. The van der Waals surface area contributed by atoms with Gasteiger partial charge in [0, 0.05) is 17.2 Å². The minimum absolute atomic E-state index is 0.150. The summed E-state index contributed by atoms with van der Waals surface area (Å²) in [5.74, 6) is 6.70. The molecule has 0 N–H and O–H groups in total. The van der Waals surface area contributed by atoms with Gasteiger partial charge < -0.3 is 9.47 Å². The predicted octanol–water partition coefficient (Wildman–Crippen LogP) is 7.94. The number of halogens is 3. The highest BCUT2D eigenvalue weighted by Crippen LogP contribution is 2.34. The minimum Gasteiger partial charge on any atom is -0.497 e. The lowest BCUT2D eigenvalue weighted by atomic mass is 10.0. The summed E-state index contributed by atoms with van der Waals surface area (Å²) in [6.45, 7) is 0. The Bertz CT molecular complexity index is 1380. The molecule has 0 unspecified atom stereocenters. The van der Waals surface area contributed by atoms with E-state index >= 15 is 0 Å². The molecule has 0 bridgehead atoms. The van der Waals surface area contributed by atoms with Gasteiger partial charge in [-0.3, -0.25) is 0 Å². The molecule has 0 aromatic heterocycles. The molecule has 0 saturated heterocycles. The predicted molar refractivity (Wildman–Crippen MR) is 137 cm³/mol. The van der Waals surface area contributed by atoms with E-state index in [9.17, 15) is 4.79 Å². The molecule has 34 heavy (non-hydrogen) atoms. The molecule has 0 radical (unpaired) electrons. The van der Waals surface area contributed by atoms with Crippen molar-refractivity contribution in [1.29, 1.82) is 0 Å². The summed E-state index contributed by atoms with van der Waals surface area (Å²) in [5, 5.41) is 0.740. The lowest BCUT2D eigenvalue weighted by Crippen LogP contribution is -2.08. The first kappa shape index (κ1) is 23.7. The second kappa shape index (κ2) is 10.7. The van der Waals surface area contributed by atoms with Crippen LogP contribution in [-0.4, -0.2) is 13.1 Å². The van der Waals surface area contributed by atoms with Crippen LogP contribution in [-0.2, 0) is 0 Å². The van der Waals surface area contributed by atoms with Crippen LogP contribution in [0, 0.1) is 11.8 Å². The van der Waals surface area contributed by atoms with Crippen LogP contribution in [0.25, 0.3) is 11.1 Å². The molecule has 4 rings (SSSR count). The fourth-order valence-electron chi connectivity index (χ4n) is 3.10. The largest absolute Gasteiger partial charge is 0.497 e. The molecule has 0 heterocycles. The maximum absolute atomic E-state index is 12.5. The average molecular weight is 508 g/mol. The Morgan fingerprint density at radius 2 is 1.18 bits per heavy atom. The first-order valence-corrected chi connectivity index (χ1v) is 11.3. The summed E-state index contributed by atoms with van der Waals surface area (Å²) in [6, 6.07) is 25.4. The molecule has 4 aromatic carbocycles. The van der Waals surface area contributed by atoms with Crippen molar-refractivity contribution in [2.75, 3.05) is 7.11 Å². The maximum Gasteiger partial charge on any atom is 0.343 e. The highest BCUT2D eigenvalue weighted by molar-refractivity contribution is 6.43. The Morgan fingerprint density at radius 1 is 0.676 bits per heavy atom. The van der Waals surface area contributed by atoms with Gasteiger partial charge in [0.2, 0.25) is 0 Å². The molecule has 0 atom stereocenters. The van der Waals surface area contributed by atoms with Crippen molar-refractivity contribution < 1.29 is 14.3 Å². The number of benzene rings is 4. The van der Waals surface area contributed by atoms with Gasteiger partial charge in [-0.2, -0.15) is 0 Å². The van der Waals surface area contributed by atoms with Gasteiger partial charge in [-0.1, -0.05) is 70.9 Å². The normalized spacial score (nSPS) is 10.2. The Labute approximate surface area is 212 Å². The summed E-state index contributed by atoms with van der Waals surface area (Å²) >= 11 is 18.0. The average Bonchev–Trinajstić information content (AvgIpc) is 2.86. The Morgan fingerprint density at radius 3 is 1.74 bits per heavy atom. The quantitative estimate of drug-likeness (QED) is 0.122. The Hall–Kier alpha value is -3.42. The van der Waals surface area contributed by atoms with Crippen molar-refractivity contribution in [3.05, 3.63) is 117 Å². The minimum atomic E-state index is -0.545. The molecule has 3 nitrogen and oxygen atoms in total. The second-order valence-electron chi connectivity index (χ2n) is 7.22. The van der Waals surface area contributed by atoms with Gasteiger partial charge in [-0.15, -0.1) is 0 Å². The van der Waals surface area contributed by atoms with Crippen LogP contribution >= 0.6 is 34.8 Å². The molecular formula is C28H17Cl3O3. The molecular weight excluding hydrogens is 491 g/mol. The van der Waals surface area contributed by atoms with E-state index in [-0.39, 0.29) is 20.8 Å². The number of ether oxygens (including phenoxy) is 2. The zero-order chi connectivity index (χ0) is 24.1. The van der Waals surface area contributed by atoms with Crippen molar-refractivity contribution in [1.82, 2.24) is 0 Å². The standard InChI is InChI=1S/C28H17Cl3O3/c1-33-23-14-6-19(7-15-23)3-2-18-4-8-20(9-5-18)21-10-12-22(13-11-21)28(32)34-27-17-25(30)24(29)16-26(27)31/h4-17H,1H3. The molecule has 168 valence electrons. The van der Waals surface area contributed by atoms with Crippen molar-refractivity contribution in [2.45, 2.75) is 0 Å². The Kier molecular flexibility index (Phi) is 7.45. The molecule has 0 saturated carbocycles. The van der Waals surface area contributed by atoms with Gasteiger partial charge in [0.15, 0.2) is 5.75 Å². The number of hydrogen-bond acceptors (Lipinski definition) is 3. The first-order valence-electron chi connectivity index (χ1n) is 10.2. The lowest BCUT2D eigenvalue weighted by Gasteiger charge is -2.08. The second-order valence-corrected chi connectivity index (χ2v) is 8.44. The smallest absolute Gasteiger partial charge is 0.343 e. The van der Waals surface area contributed by atoms with E-state index in [4.69, 9.17) is 44.3 Å².